The molecule has 152 valence electrons. The normalized spacial score (nSPS) is 10.9. The van der Waals surface area contributed by atoms with E-state index in [-0.39, 0.29) is 17.9 Å². The summed E-state index contributed by atoms with van der Waals surface area (Å²) in [4.78, 5) is 12.8. The predicted octanol–water partition coefficient (Wildman–Crippen LogP) is 5.51. The van der Waals surface area contributed by atoms with Gasteiger partial charge in [-0.1, -0.05) is 18.2 Å². The minimum Gasteiger partial charge on any atom is -0.462 e. The molecule has 0 unspecified atom stereocenters. The van der Waals surface area contributed by atoms with Gasteiger partial charge in [-0.05, 0) is 43.3 Å². The molecule has 1 heterocycles. The van der Waals surface area contributed by atoms with E-state index in [1.54, 1.807) is 37.3 Å². The number of carbonyl (C=O) groups is 1. The predicted molar refractivity (Wildman–Crippen MR) is 111 cm³/mol. The standard InChI is InChI=1S/C23H18F2N2O3/c1-2-29-23(28)21-17-11-16(15-5-3-4-6-18(15)25)19(27-26)12-20(17)30-22(21)13-7-9-14(24)10-8-13/h3-12,27H,2,26H2,1H3. The third-order valence-corrected chi connectivity index (χ3v) is 4.73. The van der Waals surface area contributed by atoms with Crippen molar-refractivity contribution in [2.75, 3.05) is 12.0 Å². The Balaban J connectivity index is 2.02. The molecule has 0 bridgehead atoms. The van der Waals surface area contributed by atoms with Crippen LogP contribution in [0.15, 0.2) is 65.1 Å². The number of furan rings is 1. The number of nitrogens with one attached hydrogen (secondary N) is 1. The van der Waals surface area contributed by atoms with E-state index in [1.165, 1.54) is 30.3 Å². The molecule has 30 heavy (non-hydrogen) atoms. The summed E-state index contributed by atoms with van der Waals surface area (Å²) in [6.07, 6.45) is 0. The zero-order valence-corrected chi connectivity index (χ0v) is 16.0. The van der Waals surface area contributed by atoms with Crippen molar-refractivity contribution in [3.63, 3.8) is 0 Å². The quantitative estimate of drug-likeness (QED) is 0.259. The van der Waals surface area contributed by atoms with Crippen molar-refractivity contribution in [1.82, 2.24) is 0 Å². The number of halogens is 2. The molecule has 4 rings (SSSR count). The third kappa shape index (κ3) is 3.40. The van der Waals surface area contributed by atoms with E-state index in [4.69, 9.17) is 15.0 Å². The van der Waals surface area contributed by atoms with Crippen molar-refractivity contribution in [2.24, 2.45) is 5.84 Å². The van der Waals surface area contributed by atoms with Crippen molar-refractivity contribution in [3.05, 3.63) is 77.9 Å². The fourth-order valence-electron chi connectivity index (χ4n) is 3.38. The SMILES string of the molecule is CCOC(=O)c1c(-c2ccc(F)cc2)oc2cc(NN)c(-c3ccccc3F)cc12. The van der Waals surface area contributed by atoms with Gasteiger partial charge in [0.1, 0.15) is 28.5 Å². The Morgan fingerprint density at radius 1 is 1.07 bits per heavy atom. The van der Waals surface area contributed by atoms with Gasteiger partial charge in [0.25, 0.3) is 0 Å². The molecule has 0 amide bonds. The van der Waals surface area contributed by atoms with E-state index < -0.39 is 17.6 Å². The summed E-state index contributed by atoms with van der Waals surface area (Å²) in [6.45, 7) is 1.86. The lowest BCUT2D eigenvalue weighted by Crippen LogP contribution is -2.08. The van der Waals surface area contributed by atoms with Crippen LogP contribution >= 0.6 is 0 Å². The van der Waals surface area contributed by atoms with Crippen LogP contribution < -0.4 is 11.3 Å². The van der Waals surface area contributed by atoms with Crippen LogP contribution in [0.4, 0.5) is 14.5 Å². The Bertz CT molecular complexity index is 1230. The first-order valence-electron chi connectivity index (χ1n) is 9.28. The third-order valence-electron chi connectivity index (χ3n) is 4.73. The summed E-state index contributed by atoms with van der Waals surface area (Å²) in [7, 11) is 0. The highest BCUT2D eigenvalue weighted by Gasteiger charge is 2.25. The summed E-state index contributed by atoms with van der Waals surface area (Å²) in [5.74, 6) is 4.45. The van der Waals surface area contributed by atoms with E-state index >= 15 is 0 Å². The maximum Gasteiger partial charge on any atom is 0.342 e. The fourth-order valence-corrected chi connectivity index (χ4v) is 3.38. The Kier molecular flexibility index (Phi) is 5.20. The van der Waals surface area contributed by atoms with Crippen LogP contribution in [-0.2, 0) is 4.74 Å². The summed E-state index contributed by atoms with van der Waals surface area (Å²) >= 11 is 0. The lowest BCUT2D eigenvalue weighted by Gasteiger charge is -2.10. The van der Waals surface area contributed by atoms with Gasteiger partial charge in [0.2, 0.25) is 0 Å². The molecule has 0 spiro atoms. The number of rotatable bonds is 5. The first kappa shape index (κ1) is 19.6. The minimum atomic E-state index is -0.594. The van der Waals surface area contributed by atoms with Gasteiger partial charge in [-0.15, -0.1) is 0 Å². The summed E-state index contributed by atoms with van der Waals surface area (Å²) in [5, 5.41) is 0.435. The topological polar surface area (TPSA) is 77.5 Å². The van der Waals surface area contributed by atoms with Crippen molar-refractivity contribution < 1.29 is 22.7 Å². The molecule has 3 N–H and O–H groups in total. The number of benzene rings is 3. The Morgan fingerprint density at radius 3 is 2.47 bits per heavy atom. The molecule has 3 aromatic carbocycles. The van der Waals surface area contributed by atoms with Crippen LogP contribution in [0.5, 0.6) is 0 Å². The number of anilines is 1. The van der Waals surface area contributed by atoms with E-state index in [0.29, 0.717) is 33.3 Å². The monoisotopic (exact) mass is 408 g/mol. The van der Waals surface area contributed by atoms with Crippen LogP contribution in [0.1, 0.15) is 17.3 Å². The van der Waals surface area contributed by atoms with Crippen LogP contribution in [0.2, 0.25) is 0 Å². The van der Waals surface area contributed by atoms with Gasteiger partial charge < -0.3 is 14.6 Å². The van der Waals surface area contributed by atoms with Crippen molar-refractivity contribution in [2.45, 2.75) is 6.92 Å². The smallest absolute Gasteiger partial charge is 0.342 e. The second-order valence-electron chi connectivity index (χ2n) is 6.55. The zero-order chi connectivity index (χ0) is 21.3. The first-order chi connectivity index (χ1) is 14.5. The molecule has 0 fully saturated rings. The van der Waals surface area contributed by atoms with Gasteiger partial charge in [0.05, 0.1) is 12.3 Å². The van der Waals surface area contributed by atoms with Gasteiger partial charge in [-0.2, -0.15) is 0 Å². The van der Waals surface area contributed by atoms with Crippen LogP contribution in [0, 0.1) is 11.6 Å². The van der Waals surface area contributed by atoms with Crippen LogP contribution in [-0.4, -0.2) is 12.6 Å². The van der Waals surface area contributed by atoms with Gasteiger partial charge in [0, 0.05) is 28.1 Å². The molecule has 7 heteroatoms. The number of nitrogens with two attached hydrogens (primary N) is 1. The molecule has 1 aromatic heterocycles. The summed E-state index contributed by atoms with van der Waals surface area (Å²) in [6, 6.07) is 15.0. The maximum absolute atomic E-state index is 14.5. The first-order valence-corrected chi connectivity index (χ1v) is 9.28. The van der Waals surface area contributed by atoms with E-state index in [9.17, 15) is 13.6 Å². The molecule has 0 aliphatic heterocycles. The molecule has 0 saturated carbocycles. The molecular weight excluding hydrogens is 390 g/mol. The Morgan fingerprint density at radius 2 is 1.80 bits per heavy atom. The Labute approximate surface area is 171 Å². The number of esters is 1. The van der Waals surface area contributed by atoms with E-state index in [1.807, 2.05) is 0 Å². The molecule has 0 aliphatic rings. The van der Waals surface area contributed by atoms with Gasteiger partial charge in [-0.3, -0.25) is 5.84 Å². The second-order valence-corrected chi connectivity index (χ2v) is 6.55. The number of fused-ring (bicyclic) bond motifs is 1. The number of hydrogen-bond donors (Lipinski definition) is 2. The molecule has 0 atom stereocenters. The van der Waals surface area contributed by atoms with Crippen molar-refractivity contribution in [3.8, 4) is 22.5 Å². The molecule has 0 saturated heterocycles. The number of ether oxygens (including phenoxy) is 1. The van der Waals surface area contributed by atoms with Gasteiger partial charge in [-0.25, -0.2) is 13.6 Å². The fraction of sp³-hybridized carbons (Fsp3) is 0.0870. The number of nitrogen functional groups attached to an aromatic ring is 1. The van der Waals surface area contributed by atoms with E-state index in [0.717, 1.165) is 0 Å². The van der Waals surface area contributed by atoms with Crippen LogP contribution in [0.3, 0.4) is 0 Å². The van der Waals surface area contributed by atoms with Crippen LogP contribution in [0.25, 0.3) is 33.4 Å². The number of hydrazine groups is 1. The molecule has 0 aliphatic carbocycles. The van der Waals surface area contributed by atoms with Crippen molar-refractivity contribution >= 4 is 22.6 Å². The number of hydrogen-bond acceptors (Lipinski definition) is 5. The average Bonchev–Trinajstić information content (AvgIpc) is 3.12. The molecule has 5 nitrogen and oxygen atoms in total. The Hall–Kier alpha value is -3.71. The average molecular weight is 408 g/mol. The van der Waals surface area contributed by atoms with Gasteiger partial charge >= 0.3 is 5.97 Å². The molecular formula is C23H18F2N2O3. The summed E-state index contributed by atoms with van der Waals surface area (Å²) < 4.78 is 39.0. The zero-order valence-electron chi connectivity index (χ0n) is 16.0. The maximum atomic E-state index is 14.5. The van der Waals surface area contributed by atoms with E-state index in [2.05, 4.69) is 5.43 Å². The summed E-state index contributed by atoms with van der Waals surface area (Å²) in [5.41, 5.74) is 4.78. The number of carbonyl (C=O) groups excluding carboxylic acids is 1. The second kappa shape index (κ2) is 7.96. The highest BCUT2D eigenvalue weighted by Crippen LogP contribution is 2.40. The molecule has 4 aromatic rings. The largest absolute Gasteiger partial charge is 0.462 e. The van der Waals surface area contributed by atoms with Gasteiger partial charge in [0.15, 0.2) is 0 Å². The lowest BCUT2D eigenvalue weighted by atomic mass is 9.98. The highest BCUT2D eigenvalue weighted by atomic mass is 19.1. The lowest BCUT2D eigenvalue weighted by molar-refractivity contribution is 0.0528. The van der Waals surface area contributed by atoms with Crippen molar-refractivity contribution in [1.29, 1.82) is 0 Å². The highest BCUT2D eigenvalue weighted by molar-refractivity contribution is 6.10. The minimum absolute atomic E-state index is 0.164. The molecule has 0 radical (unpaired) electrons.